The first kappa shape index (κ1) is 14.9. The van der Waals surface area contributed by atoms with Crippen LogP contribution in [0.5, 0.6) is 0 Å². The van der Waals surface area contributed by atoms with Crippen LogP contribution < -0.4 is 5.32 Å². The van der Waals surface area contributed by atoms with E-state index in [1.165, 1.54) is 24.8 Å². The molecular weight excluding hydrogens is 254 g/mol. The van der Waals surface area contributed by atoms with E-state index >= 15 is 0 Å². The van der Waals surface area contributed by atoms with Crippen LogP contribution in [0.2, 0.25) is 5.02 Å². The Balaban J connectivity index is 2.01. The Morgan fingerprint density at radius 3 is 2.21 bits per heavy atom. The zero-order chi connectivity index (χ0) is 13.8. The topological polar surface area (TPSA) is 12.0 Å². The van der Waals surface area contributed by atoms with Gasteiger partial charge in [0, 0.05) is 11.1 Å². The van der Waals surface area contributed by atoms with E-state index in [-0.39, 0.29) is 0 Å². The number of hydrogen-bond donors (Lipinski definition) is 1. The lowest BCUT2D eigenvalue weighted by atomic mass is 9.73. The maximum atomic E-state index is 5.95. The highest BCUT2D eigenvalue weighted by atomic mass is 35.5. The van der Waals surface area contributed by atoms with E-state index in [0.717, 1.165) is 29.2 Å². The molecule has 0 amide bonds. The van der Waals surface area contributed by atoms with E-state index in [4.69, 9.17) is 11.6 Å². The zero-order valence-corrected chi connectivity index (χ0v) is 13.1. The first-order valence-corrected chi connectivity index (χ1v) is 7.88. The molecule has 3 atom stereocenters. The zero-order valence-electron chi connectivity index (χ0n) is 12.3. The summed E-state index contributed by atoms with van der Waals surface area (Å²) in [5.41, 5.74) is 1.38. The van der Waals surface area contributed by atoms with E-state index in [2.05, 4.69) is 38.3 Å². The lowest BCUT2D eigenvalue weighted by molar-refractivity contribution is 0.179. The van der Waals surface area contributed by atoms with Crippen LogP contribution in [0.25, 0.3) is 0 Å². The predicted molar refractivity (Wildman–Crippen MR) is 83.7 cm³/mol. The van der Waals surface area contributed by atoms with E-state index in [1.807, 2.05) is 12.1 Å². The third kappa shape index (κ3) is 4.22. The van der Waals surface area contributed by atoms with Crippen LogP contribution >= 0.6 is 11.6 Å². The highest BCUT2D eigenvalue weighted by molar-refractivity contribution is 6.30. The average Bonchev–Trinajstić information content (AvgIpc) is 2.37. The monoisotopic (exact) mass is 279 g/mol. The van der Waals surface area contributed by atoms with Gasteiger partial charge in [-0.3, -0.25) is 0 Å². The second-order valence-corrected chi connectivity index (χ2v) is 6.84. The molecule has 0 heterocycles. The van der Waals surface area contributed by atoms with Gasteiger partial charge in [-0.15, -0.1) is 0 Å². The van der Waals surface area contributed by atoms with Crippen LogP contribution in [0.4, 0.5) is 0 Å². The summed E-state index contributed by atoms with van der Waals surface area (Å²) in [6, 6.07) is 8.89. The molecule has 0 spiro atoms. The molecule has 106 valence electrons. The van der Waals surface area contributed by atoms with Crippen LogP contribution in [-0.4, -0.2) is 13.1 Å². The summed E-state index contributed by atoms with van der Waals surface area (Å²) < 4.78 is 0. The number of hydrogen-bond acceptors (Lipinski definition) is 1. The average molecular weight is 280 g/mol. The van der Waals surface area contributed by atoms with Gasteiger partial charge in [-0.1, -0.05) is 37.6 Å². The van der Waals surface area contributed by atoms with E-state index in [1.54, 1.807) is 0 Å². The first-order valence-electron chi connectivity index (χ1n) is 7.50. The Kier molecular flexibility index (Phi) is 5.29. The van der Waals surface area contributed by atoms with Crippen LogP contribution in [-0.2, 0) is 6.42 Å². The van der Waals surface area contributed by atoms with Crippen molar-refractivity contribution in [1.82, 2.24) is 5.32 Å². The fourth-order valence-electron chi connectivity index (χ4n) is 3.72. The molecule has 0 aliphatic heterocycles. The predicted octanol–water partition coefficient (Wildman–Crippen LogP) is 4.54. The van der Waals surface area contributed by atoms with Crippen molar-refractivity contribution in [3.63, 3.8) is 0 Å². The molecule has 0 saturated heterocycles. The molecular formula is C17H26ClN. The number of nitrogens with one attached hydrogen (secondary N) is 1. The highest BCUT2D eigenvalue weighted by Crippen LogP contribution is 2.35. The minimum atomic E-state index is 0.589. The van der Waals surface area contributed by atoms with Crippen LogP contribution in [0.15, 0.2) is 24.3 Å². The Labute approximate surface area is 122 Å². The minimum absolute atomic E-state index is 0.589. The van der Waals surface area contributed by atoms with Gasteiger partial charge in [0.2, 0.25) is 0 Å². The van der Waals surface area contributed by atoms with Gasteiger partial charge in [-0.2, -0.15) is 0 Å². The van der Waals surface area contributed by atoms with Gasteiger partial charge in [-0.25, -0.2) is 0 Å². The third-order valence-electron chi connectivity index (χ3n) is 4.52. The van der Waals surface area contributed by atoms with Crippen molar-refractivity contribution in [3.05, 3.63) is 34.9 Å². The Hall–Kier alpha value is -0.530. The summed E-state index contributed by atoms with van der Waals surface area (Å²) in [6.45, 7) is 4.80. The molecule has 19 heavy (non-hydrogen) atoms. The number of rotatable bonds is 4. The maximum Gasteiger partial charge on any atom is 0.0406 e. The van der Waals surface area contributed by atoms with Crippen molar-refractivity contribution < 1.29 is 0 Å². The molecule has 1 nitrogen and oxygen atoms in total. The van der Waals surface area contributed by atoms with Gasteiger partial charge < -0.3 is 5.32 Å². The minimum Gasteiger partial charge on any atom is -0.316 e. The SMILES string of the molecule is CNC(Cc1ccc(Cl)cc1)C1CC(C)CC(C)C1. The van der Waals surface area contributed by atoms with Gasteiger partial charge >= 0.3 is 0 Å². The lowest BCUT2D eigenvalue weighted by Gasteiger charge is -2.36. The fourth-order valence-corrected chi connectivity index (χ4v) is 3.84. The van der Waals surface area contributed by atoms with Crippen molar-refractivity contribution >= 4 is 11.6 Å². The number of halogens is 1. The van der Waals surface area contributed by atoms with Crippen LogP contribution in [0.3, 0.4) is 0 Å². The lowest BCUT2D eigenvalue weighted by Crippen LogP contribution is -2.39. The molecule has 2 rings (SSSR count). The Bertz CT molecular complexity index is 377. The summed E-state index contributed by atoms with van der Waals surface area (Å²) in [6.07, 6.45) is 5.23. The van der Waals surface area contributed by atoms with Crippen molar-refractivity contribution in [2.75, 3.05) is 7.05 Å². The first-order chi connectivity index (χ1) is 9.08. The molecule has 1 fully saturated rings. The molecule has 1 aliphatic carbocycles. The summed E-state index contributed by atoms with van der Waals surface area (Å²) >= 11 is 5.95. The fraction of sp³-hybridized carbons (Fsp3) is 0.647. The van der Waals surface area contributed by atoms with Gasteiger partial charge in [0.05, 0.1) is 0 Å². The van der Waals surface area contributed by atoms with Gasteiger partial charge in [-0.05, 0) is 68.2 Å². The second-order valence-electron chi connectivity index (χ2n) is 6.40. The van der Waals surface area contributed by atoms with Gasteiger partial charge in [0.15, 0.2) is 0 Å². The molecule has 1 aliphatic rings. The molecule has 2 heteroatoms. The standard InChI is InChI=1S/C17H26ClN/c1-12-8-13(2)10-15(9-12)17(19-3)11-14-4-6-16(18)7-5-14/h4-7,12-13,15,17,19H,8-11H2,1-3H3. The molecule has 0 radical (unpaired) electrons. The third-order valence-corrected chi connectivity index (χ3v) is 4.78. The quantitative estimate of drug-likeness (QED) is 0.853. The van der Waals surface area contributed by atoms with Crippen molar-refractivity contribution in [1.29, 1.82) is 0 Å². The number of likely N-dealkylation sites (N-methyl/N-ethyl adjacent to an activating group) is 1. The largest absolute Gasteiger partial charge is 0.316 e. The second kappa shape index (κ2) is 6.76. The van der Waals surface area contributed by atoms with Crippen molar-refractivity contribution in [3.8, 4) is 0 Å². The Morgan fingerprint density at radius 1 is 1.11 bits per heavy atom. The van der Waals surface area contributed by atoms with Gasteiger partial charge in [0.25, 0.3) is 0 Å². The van der Waals surface area contributed by atoms with E-state index in [9.17, 15) is 0 Å². The molecule has 1 N–H and O–H groups in total. The molecule has 3 unspecified atom stereocenters. The normalized spacial score (nSPS) is 29.2. The molecule has 0 aromatic heterocycles. The summed E-state index contributed by atoms with van der Waals surface area (Å²) in [7, 11) is 2.10. The molecule has 1 aromatic carbocycles. The Morgan fingerprint density at radius 2 is 1.68 bits per heavy atom. The van der Waals surface area contributed by atoms with Crippen molar-refractivity contribution in [2.45, 2.75) is 45.6 Å². The summed E-state index contributed by atoms with van der Waals surface area (Å²) in [5, 5.41) is 4.37. The number of benzene rings is 1. The van der Waals surface area contributed by atoms with E-state index in [0.29, 0.717) is 6.04 Å². The van der Waals surface area contributed by atoms with Gasteiger partial charge in [0.1, 0.15) is 0 Å². The van der Waals surface area contributed by atoms with E-state index < -0.39 is 0 Å². The highest BCUT2D eigenvalue weighted by Gasteiger charge is 2.29. The summed E-state index contributed by atoms with van der Waals surface area (Å²) in [5.74, 6) is 2.55. The van der Waals surface area contributed by atoms with Crippen LogP contribution in [0.1, 0.15) is 38.7 Å². The molecule has 1 saturated carbocycles. The molecule has 1 aromatic rings. The summed E-state index contributed by atoms with van der Waals surface area (Å²) in [4.78, 5) is 0. The maximum absolute atomic E-state index is 5.95. The van der Waals surface area contributed by atoms with Crippen molar-refractivity contribution in [2.24, 2.45) is 17.8 Å². The van der Waals surface area contributed by atoms with Crippen LogP contribution in [0, 0.1) is 17.8 Å². The molecule has 0 bridgehead atoms. The smallest absolute Gasteiger partial charge is 0.0406 e.